The van der Waals surface area contributed by atoms with Crippen molar-refractivity contribution in [2.24, 2.45) is 0 Å². The van der Waals surface area contributed by atoms with Crippen molar-refractivity contribution >= 4 is 11.9 Å². The molecule has 0 amide bonds. The summed E-state index contributed by atoms with van der Waals surface area (Å²) in [5, 5.41) is 8.61. The second-order valence-electron chi connectivity index (χ2n) is 15.9. The first kappa shape index (κ1) is 48.9. The third-order valence-electron chi connectivity index (χ3n) is 10.8. The largest absolute Gasteiger partial charge is 0.481 e. The van der Waals surface area contributed by atoms with Gasteiger partial charge in [0.2, 0.25) is 0 Å². The molecule has 0 aliphatic rings. The van der Waals surface area contributed by atoms with Crippen LogP contribution in [0.15, 0.2) is 0 Å². The highest BCUT2D eigenvalue weighted by molar-refractivity contribution is 5.69. The van der Waals surface area contributed by atoms with Gasteiger partial charge < -0.3 is 9.84 Å². The van der Waals surface area contributed by atoms with E-state index in [1.807, 2.05) is 0 Å². The molecule has 0 aromatic carbocycles. The van der Waals surface area contributed by atoms with Crippen molar-refractivity contribution in [2.45, 2.75) is 277 Å². The lowest BCUT2D eigenvalue weighted by Gasteiger charge is -2.05. The highest BCUT2D eigenvalue weighted by Gasteiger charge is 2.04. The lowest BCUT2D eigenvalue weighted by molar-refractivity contribution is -0.144. The number of carbonyl (C=O) groups excluding carboxylic acids is 1. The van der Waals surface area contributed by atoms with Crippen molar-refractivity contribution in [3.8, 4) is 0 Å². The molecule has 0 bridgehead atoms. The molecular weight excluding hydrogens is 617 g/mol. The zero-order chi connectivity index (χ0) is 36.3. The van der Waals surface area contributed by atoms with Crippen LogP contribution in [-0.4, -0.2) is 23.7 Å². The van der Waals surface area contributed by atoms with Crippen LogP contribution in [0, 0.1) is 0 Å². The van der Waals surface area contributed by atoms with Crippen LogP contribution in [0.4, 0.5) is 0 Å². The lowest BCUT2D eigenvalue weighted by atomic mass is 10.0. The molecule has 4 nitrogen and oxygen atoms in total. The van der Waals surface area contributed by atoms with Gasteiger partial charge in [-0.15, -0.1) is 0 Å². The molecule has 0 aromatic heterocycles. The van der Waals surface area contributed by atoms with Crippen LogP contribution in [-0.2, 0) is 14.3 Å². The minimum Gasteiger partial charge on any atom is -0.481 e. The highest BCUT2D eigenvalue weighted by atomic mass is 16.5. The molecule has 50 heavy (non-hydrogen) atoms. The summed E-state index contributed by atoms with van der Waals surface area (Å²) in [6, 6.07) is 0. The Morgan fingerprint density at radius 1 is 0.320 bits per heavy atom. The molecule has 0 aromatic rings. The Morgan fingerprint density at radius 2 is 0.540 bits per heavy atom. The van der Waals surface area contributed by atoms with E-state index in [2.05, 4.69) is 6.92 Å². The SMILES string of the molecule is CCCCCCCCCCCCCCCCCCCCCCCCCCCCCCCCCCCCCCCCOC(=O)CCCCC(=O)O. The van der Waals surface area contributed by atoms with Gasteiger partial charge in [0.1, 0.15) is 0 Å². The topological polar surface area (TPSA) is 63.6 Å². The van der Waals surface area contributed by atoms with E-state index in [1.165, 1.54) is 231 Å². The van der Waals surface area contributed by atoms with Gasteiger partial charge in [-0.25, -0.2) is 0 Å². The Balaban J connectivity index is 3.09. The van der Waals surface area contributed by atoms with Crippen LogP contribution in [0.5, 0.6) is 0 Å². The summed E-state index contributed by atoms with van der Waals surface area (Å²) in [5.74, 6) is -0.984. The number of unbranched alkanes of at least 4 members (excludes halogenated alkanes) is 38. The molecule has 4 heteroatoms. The Kier molecular flexibility index (Phi) is 43.2. The van der Waals surface area contributed by atoms with E-state index in [-0.39, 0.29) is 12.4 Å². The van der Waals surface area contributed by atoms with Crippen molar-refractivity contribution in [2.75, 3.05) is 6.61 Å². The molecule has 0 rings (SSSR count). The van der Waals surface area contributed by atoms with Crippen LogP contribution < -0.4 is 0 Å². The van der Waals surface area contributed by atoms with Crippen LogP contribution in [0.1, 0.15) is 277 Å². The molecule has 298 valence electrons. The van der Waals surface area contributed by atoms with E-state index in [0.717, 1.165) is 12.8 Å². The van der Waals surface area contributed by atoms with Gasteiger partial charge in [-0.1, -0.05) is 244 Å². The predicted octanol–water partition coefficient (Wildman–Crippen LogP) is 16.0. The number of hydrogen-bond donors (Lipinski definition) is 1. The molecule has 0 saturated heterocycles. The smallest absolute Gasteiger partial charge is 0.305 e. The number of aliphatic carboxylic acids is 1. The van der Waals surface area contributed by atoms with E-state index in [1.54, 1.807) is 0 Å². The summed E-state index contributed by atoms with van der Waals surface area (Å²) in [6.45, 7) is 2.82. The van der Waals surface area contributed by atoms with Gasteiger partial charge in [-0.3, -0.25) is 9.59 Å². The fourth-order valence-electron chi connectivity index (χ4n) is 7.34. The number of carboxylic acids is 1. The summed E-state index contributed by atoms with van der Waals surface area (Å²) in [5.41, 5.74) is 0. The van der Waals surface area contributed by atoms with E-state index >= 15 is 0 Å². The molecule has 1 N–H and O–H groups in total. The summed E-state index contributed by atoms with van der Waals surface area (Å²) in [4.78, 5) is 22.1. The van der Waals surface area contributed by atoms with Crippen molar-refractivity contribution in [1.82, 2.24) is 0 Å². The molecule has 0 aliphatic heterocycles. The fraction of sp³-hybridized carbons (Fsp3) is 0.957. The van der Waals surface area contributed by atoms with Crippen molar-refractivity contribution in [3.63, 3.8) is 0 Å². The first-order chi connectivity index (χ1) is 24.7. The number of hydrogen-bond acceptors (Lipinski definition) is 3. The Morgan fingerprint density at radius 3 is 0.780 bits per heavy atom. The molecule has 0 spiro atoms. The van der Waals surface area contributed by atoms with Crippen LogP contribution in [0.25, 0.3) is 0 Å². The third kappa shape index (κ3) is 45.0. The van der Waals surface area contributed by atoms with E-state index in [4.69, 9.17) is 9.84 Å². The van der Waals surface area contributed by atoms with Crippen LogP contribution >= 0.6 is 0 Å². The molecule has 0 unspecified atom stereocenters. The van der Waals surface area contributed by atoms with Crippen molar-refractivity contribution in [3.05, 3.63) is 0 Å². The van der Waals surface area contributed by atoms with Gasteiger partial charge in [-0.2, -0.15) is 0 Å². The standard InChI is InChI=1S/C46H90O4/c1-2-3-4-5-6-7-8-9-10-11-12-13-14-15-16-17-18-19-20-21-22-23-24-25-26-27-28-29-30-31-32-33-34-35-36-37-38-41-44-50-46(49)43-40-39-42-45(47)48/h2-44H2,1H3,(H,47,48). The summed E-state index contributed by atoms with van der Waals surface area (Å²) in [6.07, 6.45) is 55.6. The lowest BCUT2D eigenvalue weighted by Crippen LogP contribution is -2.06. The zero-order valence-electron chi connectivity index (χ0n) is 34.1. The maximum atomic E-state index is 11.6. The monoisotopic (exact) mass is 707 g/mol. The Bertz CT molecular complexity index is 663. The van der Waals surface area contributed by atoms with Crippen LogP contribution in [0.3, 0.4) is 0 Å². The minimum atomic E-state index is -0.801. The van der Waals surface area contributed by atoms with Gasteiger partial charge in [0, 0.05) is 12.8 Å². The normalized spacial score (nSPS) is 11.4. The third-order valence-corrected chi connectivity index (χ3v) is 10.8. The van der Waals surface area contributed by atoms with E-state index in [0.29, 0.717) is 25.9 Å². The maximum Gasteiger partial charge on any atom is 0.305 e. The summed E-state index contributed by atoms with van der Waals surface area (Å²) in [7, 11) is 0. The molecule has 0 saturated carbocycles. The average Bonchev–Trinajstić information content (AvgIpc) is 3.11. The second kappa shape index (κ2) is 44.1. The average molecular weight is 707 g/mol. The van der Waals surface area contributed by atoms with Gasteiger partial charge >= 0.3 is 11.9 Å². The van der Waals surface area contributed by atoms with Crippen LogP contribution in [0.2, 0.25) is 0 Å². The quantitative estimate of drug-likeness (QED) is 0.0506. The van der Waals surface area contributed by atoms with Gasteiger partial charge in [0.25, 0.3) is 0 Å². The van der Waals surface area contributed by atoms with Crippen molar-refractivity contribution < 1.29 is 19.4 Å². The maximum absolute atomic E-state index is 11.6. The first-order valence-electron chi connectivity index (χ1n) is 23.0. The fourth-order valence-corrected chi connectivity index (χ4v) is 7.34. The predicted molar refractivity (Wildman–Crippen MR) is 218 cm³/mol. The Hall–Kier alpha value is -1.06. The minimum absolute atomic E-state index is 0.132. The Labute approximate surface area is 313 Å². The van der Waals surface area contributed by atoms with E-state index < -0.39 is 5.97 Å². The van der Waals surface area contributed by atoms with Gasteiger partial charge in [-0.05, 0) is 19.3 Å². The number of carboxylic acid groups (broad SMARTS) is 1. The molecule has 0 radical (unpaired) electrons. The van der Waals surface area contributed by atoms with E-state index in [9.17, 15) is 9.59 Å². The summed E-state index contributed by atoms with van der Waals surface area (Å²) < 4.78 is 5.24. The number of carbonyl (C=O) groups is 2. The summed E-state index contributed by atoms with van der Waals surface area (Å²) >= 11 is 0. The zero-order valence-corrected chi connectivity index (χ0v) is 34.1. The first-order valence-corrected chi connectivity index (χ1v) is 23.0. The second-order valence-corrected chi connectivity index (χ2v) is 15.9. The molecule has 0 heterocycles. The number of ether oxygens (including phenoxy) is 1. The van der Waals surface area contributed by atoms with Gasteiger partial charge in [0.15, 0.2) is 0 Å². The molecular formula is C46H90O4. The van der Waals surface area contributed by atoms with Gasteiger partial charge in [0.05, 0.1) is 6.61 Å². The molecule has 0 aliphatic carbocycles. The highest BCUT2D eigenvalue weighted by Crippen LogP contribution is 2.17. The molecule has 0 fully saturated rings. The molecule has 0 atom stereocenters. The number of esters is 1. The number of rotatable bonds is 44. The van der Waals surface area contributed by atoms with Crippen molar-refractivity contribution in [1.29, 1.82) is 0 Å².